The minimum absolute atomic E-state index is 0.104. The molecule has 1 heterocycles. The number of carbonyl (C=O) groups excluding carboxylic acids is 2. The lowest BCUT2D eigenvalue weighted by Crippen LogP contribution is -2.46. The molecule has 0 aromatic heterocycles. The van der Waals surface area contributed by atoms with E-state index in [0.717, 1.165) is 5.56 Å². The van der Waals surface area contributed by atoms with Crippen LogP contribution in [0.15, 0.2) is 52.1 Å². The Hall–Kier alpha value is -2.51. The van der Waals surface area contributed by atoms with E-state index in [4.69, 9.17) is 11.6 Å². The summed E-state index contributed by atoms with van der Waals surface area (Å²) < 4.78 is 0.369. The number of benzene rings is 2. The summed E-state index contributed by atoms with van der Waals surface area (Å²) in [6.45, 7) is 3.59. The van der Waals surface area contributed by atoms with Gasteiger partial charge in [-0.15, -0.1) is 0 Å². The lowest BCUT2D eigenvalue weighted by molar-refractivity contribution is -0.113. The van der Waals surface area contributed by atoms with Crippen LogP contribution in [-0.4, -0.2) is 17.0 Å². The molecule has 2 aromatic carbocycles. The van der Waals surface area contributed by atoms with Gasteiger partial charge in [-0.3, -0.25) is 4.79 Å². The van der Waals surface area contributed by atoms with Gasteiger partial charge in [-0.05, 0) is 65.2 Å². The predicted molar refractivity (Wildman–Crippen MR) is 108 cm³/mol. The number of aryl methyl sites for hydroxylation is 1. The van der Waals surface area contributed by atoms with Gasteiger partial charge in [0, 0.05) is 11.4 Å². The van der Waals surface area contributed by atoms with Crippen LogP contribution in [-0.2, 0) is 4.79 Å². The molecule has 0 fully saturated rings. The molecule has 0 unspecified atom stereocenters. The largest absolute Gasteiger partial charge is 0.505 e. The number of anilines is 1. The molecule has 1 aliphatic rings. The van der Waals surface area contributed by atoms with E-state index < -0.39 is 12.1 Å². The van der Waals surface area contributed by atoms with Gasteiger partial charge in [0.2, 0.25) is 0 Å². The van der Waals surface area contributed by atoms with Crippen molar-refractivity contribution in [2.24, 2.45) is 0 Å². The summed E-state index contributed by atoms with van der Waals surface area (Å²) >= 11 is 9.29. The van der Waals surface area contributed by atoms with Gasteiger partial charge in [0.05, 0.1) is 21.1 Å². The van der Waals surface area contributed by atoms with Gasteiger partial charge in [0.15, 0.2) is 0 Å². The van der Waals surface area contributed by atoms with Crippen LogP contribution < -0.4 is 16.0 Å². The number of aromatic hydroxyl groups is 1. The Morgan fingerprint density at radius 2 is 2.00 bits per heavy atom. The molecule has 8 heteroatoms. The second-order valence-electron chi connectivity index (χ2n) is 6.23. The highest BCUT2D eigenvalue weighted by Gasteiger charge is 2.32. The molecular formula is C19H17BrClN3O3. The van der Waals surface area contributed by atoms with Crippen LogP contribution in [0.25, 0.3) is 0 Å². The number of hydrogen-bond donors (Lipinski definition) is 4. The number of allylic oxidation sites excluding steroid dienone is 1. The van der Waals surface area contributed by atoms with Crippen molar-refractivity contribution in [1.82, 2.24) is 10.6 Å². The number of nitrogens with one attached hydrogen (secondary N) is 3. The molecule has 0 spiro atoms. The molecule has 1 atom stereocenters. The standard InChI is InChI=1S/C19H17BrClN3O3/c1-9-4-3-5-12(6-9)23-18(26)15-10(2)22-19(27)24-16(15)11-7-13(20)17(25)14(21)8-11/h3-8,16,25H,1-2H3,(H,23,26)(H2,22,24,27)/t16-/m1/s1. The molecule has 0 saturated heterocycles. The summed E-state index contributed by atoms with van der Waals surface area (Å²) in [5.74, 6) is -0.455. The van der Waals surface area contributed by atoms with Crippen molar-refractivity contribution in [2.45, 2.75) is 19.9 Å². The summed E-state index contributed by atoms with van der Waals surface area (Å²) in [7, 11) is 0. The van der Waals surface area contributed by atoms with Gasteiger partial charge in [-0.2, -0.15) is 0 Å². The van der Waals surface area contributed by atoms with Crippen molar-refractivity contribution in [1.29, 1.82) is 0 Å². The number of carbonyl (C=O) groups is 2. The van der Waals surface area contributed by atoms with E-state index in [2.05, 4.69) is 31.9 Å². The third-order valence-corrected chi connectivity index (χ3v) is 5.05. The van der Waals surface area contributed by atoms with Crippen molar-refractivity contribution in [3.63, 3.8) is 0 Å². The van der Waals surface area contributed by atoms with Crippen molar-refractivity contribution in [2.75, 3.05) is 5.32 Å². The zero-order chi connectivity index (χ0) is 19.7. The number of urea groups is 1. The second-order valence-corrected chi connectivity index (χ2v) is 7.49. The molecule has 2 aromatic rings. The Morgan fingerprint density at radius 3 is 2.67 bits per heavy atom. The normalized spacial score (nSPS) is 16.6. The van der Waals surface area contributed by atoms with E-state index in [-0.39, 0.29) is 16.7 Å². The van der Waals surface area contributed by atoms with Crippen molar-refractivity contribution in [3.05, 3.63) is 68.3 Å². The summed E-state index contributed by atoms with van der Waals surface area (Å²) in [5, 5.41) is 18.2. The lowest BCUT2D eigenvalue weighted by Gasteiger charge is -2.29. The minimum atomic E-state index is -0.724. The first-order valence-corrected chi connectivity index (χ1v) is 9.27. The highest BCUT2D eigenvalue weighted by Crippen LogP contribution is 2.37. The molecule has 3 rings (SSSR count). The first kappa shape index (κ1) is 19.3. The number of phenols is 1. The quantitative estimate of drug-likeness (QED) is 0.559. The van der Waals surface area contributed by atoms with Gasteiger partial charge >= 0.3 is 6.03 Å². The third-order valence-electron chi connectivity index (χ3n) is 4.16. The van der Waals surface area contributed by atoms with Crippen LogP contribution in [0.4, 0.5) is 10.5 Å². The lowest BCUT2D eigenvalue weighted by atomic mass is 9.94. The summed E-state index contributed by atoms with van der Waals surface area (Å²) in [4.78, 5) is 24.9. The van der Waals surface area contributed by atoms with E-state index >= 15 is 0 Å². The highest BCUT2D eigenvalue weighted by atomic mass is 79.9. The maximum absolute atomic E-state index is 13.0. The van der Waals surface area contributed by atoms with Crippen molar-refractivity contribution < 1.29 is 14.7 Å². The average Bonchev–Trinajstić information content (AvgIpc) is 2.58. The molecule has 3 amide bonds. The van der Waals surface area contributed by atoms with Crippen molar-refractivity contribution >= 4 is 45.2 Å². The van der Waals surface area contributed by atoms with Gasteiger partial charge in [-0.1, -0.05) is 23.7 Å². The first-order valence-electron chi connectivity index (χ1n) is 8.10. The maximum atomic E-state index is 13.0. The van der Waals surface area contributed by atoms with Gasteiger partial charge in [0.25, 0.3) is 5.91 Å². The minimum Gasteiger partial charge on any atom is -0.505 e. The molecule has 0 radical (unpaired) electrons. The molecule has 140 valence electrons. The molecule has 6 nitrogen and oxygen atoms in total. The Bertz CT molecular complexity index is 951. The van der Waals surface area contributed by atoms with Crippen LogP contribution in [0.3, 0.4) is 0 Å². The molecule has 27 heavy (non-hydrogen) atoms. The van der Waals surface area contributed by atoms with E-state index in [1.165, 1.54) is 6.07 Å². The third kappa shape index (κ3) is 4.09. The Kier molecular flexibility index (Phi) is 5.43. The average molecular weight is 451 g/mol. The molecule has 0 aliphatic carbocycles. The van der Waals surface area contributed by atoms with Crippen molar-refractivity contribution in [3.8, 4) is 5.75 Å². The zero-order valence-electron chi connectivity index (χ0n) is 14.6. The molecule has 4 N–H and O–H groups in total. The highest BCUT2D eigenvalue weighted by molar-refractivity contribution is 9.10. The van der Waals surface area contributed by atoms with Gasteiger partial charge < -0.3 is 21.1 Å². The Balaban J connectivity index is 2.00. The second kappa shape index (κ2) is 7.62. The fraction of sp³-hybridized carbons (Fsp3) is 0.158. The number of rotatable bonds is 3. The maximum Gasteiger partial charge on any atom is 0.319 e. The Labute approximate surface area is 169 Å². The zero-order valence-corrected chi connectivity index (χ0v) is 16.9. The number of phenolic OH excluding ortho intramolecular Hbond substituents is 1. The fourth-order valence-corrected chi connectivity index (χ4v) is 3.74. The number of halogens is 2. The fourth-order valence-electron chi connectivity index (χ4n) is 2.92. The smallest absolute Gasteiger partial charge is 0.319 e. The van der Waals surface area contributed by atoms with Crippen LogP contribution in [0, 0.1) is 6.92 Å². The molecular weight excluding hydrogens is 434 g/mol. The van der Waals surface area contributed by atoms with E-state index in [1.807, 2.05) is 25.1 Å². The Morgan fingerprint density at radius 1 is 1.26 bits per heavy atom. The first-order chi connectivity index (χ1) is 12.8. The predicted octanol–water partition coefficient (Wildman–Crippen LogP) is 4.38. The van der Waals surface area contributed by atoms with Gasteiger partial charge in [-0.25, -0.2) is 4.79 Å². The van der Waals surface area contributed by atoms with Crippen LogP contribution in [0.5, 0.6) is 5.75 Å². The summed E-state index contributed by atoms with van der Waals surface area (Å²) in [6, 6.07) is 9.41. The molecule has 0 saturated carbocycles. The van der Waals surface area contributed by atoms with E-state index in [1.54, 1.807) is 19.1 Å². The van der Waals surface area contributed by atoms with Crippen LogP contribution >= 0.6 is 27.5 Å². The molecule has 1 aliphatic heterocycles. The van der Waals surface area contributed by atoms with Crippen LogP contribution in [0.1, 0.15) is 24.1 Å². The summed E-state index contributed by atoms with van der Waals surface area (Å²) in [5.41, 5.74) is 3.02. The van der Waals surface area contributed by atoms with Gasteiger partial charge in [0.1, 0.15) is 5.75 Å². The SMILES string of the molecule is CC1=C(C(=O)Nc2cccc(C)c2)[C@@H](c2cc(Cl)c(O)c(Br)c2)NC(=O)N1. The number of hydrogen-bond acceptors (Lipinski definition) is 3. The van der Waals surface area contributed by atoms with Crippen LogP contribution in [0.2, 0.25) is 5.02 Å². The van der Waals surface area contributed by atoms with E-state index in [9.17, 15) is 14.7 Å². The topological polar surface area (TPSA) is 90.5 Å². The summed E-state index contributed by atoms with van der Waals surface area (Å²) in [6.07, 6.45) is 0. The molecule has 0 bridgehead atoms. The monoisotopic (exact) mass is 449 g/mol. The van der Waals surface area contributed by atoms with E-state index in [0.29, 0.717) is 27.0 Å². The number of amides is 3.